The van der Waals surface area contributed by atoms with E-state index in [-0.39, 0.29) is 11.5 Å². The monoisotopic (exact) mass is 170 g/mol. The fourth-order valence-electron chi connectivity index (χ4n) is 0.829. The molecule has 5 heteroatoms. The minimum atomic E-state index is -0.603. The second kappa shape index (κ2) is 3.97. The van der Waals surface area contributed by atoms with Crippen molar-refractivity contribution in [2.45, 2.75) is 0 Å². The molecule has 0 aliphatic rings. The van der Waals surface area contributed by atoms with Crippen LogP contribution in [0.2, 0.25) is 0 Å². The molecule has 1 N–H and O–H groups in total. The molecule has 0 heterocycles. The highest BCUT2D eigenvalue weighted by Crippen LogP contribution is 2.25. The van der Waals surface area contributed by atoms with Gasteiger partial charge in [-0.05, 0) is 12.1 Å². The SMILES string of the molecule is COc1cccc(OBO)c1F. The van der Waals surface area contributed by atoms with E-state index in [9.17, 15) is 4.39 Å². The maximum Gasteiger partial charge on any atom is 0.504 e. The minimum absolute atomic E-state index is 0.0168. The van der Waals surface area contributed by atoms with Crippen molar-refractivity contribution in [3.63, 3.8) is 0 Å². The molecule has 0 fully saturated rings. The summed E-state index contributed by atoms with van der Waals surface area (Å²) in [5, 5.41) is 8.38. The Kier molecular flexibility index (Phi) is 2.93. The Morgan fingerprint density at radius 3 is 2.67 bits per heavy atom. The first-order valence-electron chi connectivity index (χ1n) is 3.35. The maximum absolute atomic E-state index is 13.1. The minimum Gasteiger partial charge on any atom is -0.537 e. The lowest BCUT2D eigenvalue weighted by Crippen LogP contribution is -2.02. The Balaban J connectivity index is 2.97. The summed E-state index contributed by atoms with van der Waals surface area (Å²) in [7, 11) is 0.811. The molecule has 1 aromatic carbocycles. The van der Waals surface area contributed by atoms with Gasteiger partial charge in [0.25, 0.3) is 0 Å². The van der Waals surface area contributed by atoms with E-state index in [0.717, 1.165) is 0 Å². The average Bonchev–Trinajstić information content (AvgIpc) is 2.09. The van der Waals surface area contributed by atoms with Crippen molar-refractivity contribution in [3.05, 3.63) is 24.0 Å². The number of benzene rings is 1. The predicted octanol–water partition coefficient (Wildman–Crippen LogP) is 0.472. The van der Waals surface area contributed by atoms with Gasteiger partial charge in [0.1, 0.15) is 5.75 Å². The number of hydrogen-bond acceptors (Lipinski definition) is 3. The molecule has 0 spiro atoms. The fourth-order valence-corrected chi connectivity index (χ4v) is 0.829. The third-order valence-electron chi connectivity index (χ3n) is 1.37. The molecule has 0 atom stereocenters. The van der Waals surface area contributed by atoms with Gasteiger partial charge in [0.15, 0.2) is 5.75 Å². The van der Waals surface area contributed by atoms with Crippen molar-refractivity contribution < 1.29 is 18.8 Å². The normalized spacial score (nSPS) is 9.25. The van der Waals surface area contributed by atoms with Crippen LogP contribution in [0.3, 0.4) is 0 Å². The molecule has 0 aliphatic heterocycles. The lowest BCUT2D eigenvalue weighted by molar-refractivity contribution is 0.370. The zero-order valence-electron chi connectivity index (χ0n) is 6.58. The van der Waals surface area contributed by atoms with E-state index in [1.807, 2.05) is 0 Å². The number of rotatable bonds is 3. The molecule has 0 aliphatic carbocycles. The van der Waals surface area contributed by atoms with Gasteiger partial charge in [0, 0.05) is 0 Å². The standard InChI is InChI=1S/C7H8BFO3/c1-11-5-3-2-4-6(7(5)9)12-8-10/h2-4,8,10H,1H3. The first kappa shape index (κ1) is 8.87. The lowest BCUT2D eigenvalue weighted by Gasteiger charge is -2.06. The number of hydrogen-bond donors (Lipinski definition) is 1. The quantitative estimate of drug-likeness (QED) is 0.670. The molecule has 0 amide bonds. The summed E-state index contributed by atoms with van der Waals surface area (Å²) in [6, 6.07) is 4.46. The zero-order chi connectivity index (χ0) is 8.97. The van der Waals surface area contributed by atoms with Crippen LogP contribution in [-0.4, -0.2) is 19.8 Å². The topological polar surface area (TPSA) is 38.7 Å². The molecule has 0 saturated carbocycles. The highest BCUT2D eigenvalue weighted by molar-refractivity contribution is 6.17. The smallest absolute Gasteiger partial charge is 0.504 e. The van der Waals surface area contributed by atoms with Crippen LogP contribution in [0.1, 0.15) is 0 Å². The second-order valence-electron chi connectivity index (χ2n) is 2.05. The van der Waals surface area contributed by atoms with Gasteiger partial charge in [-0.1, -0.05) is 6.07 Å². The molecular formula is C7H8BFO3. The molecule has 12 heavy (non-hydrogen) atoms. The van der Waals surface area contributed by atoms with Gasteiger partial charge < -0.3 is 14.4 Å². The van der Waals surface area contributed by atoms with Crippen molar-refractivity contribution in [2.75, 3.05) is 7.11 Å². The Morgan fingerprint density at radius 2 is 2.08 bits per heavy atom. The van der Waals surface area contributed by atoms with Gasteiger partial charge in [-0.3, -0.25) is 0 Å². The highest BCUT2D eigenvalue weighted by atomic mass is 19.1. The number of methoxy groups -OCH3 is 1. The van der Waals surface area contributed by atoms with E-state index in [0.29, 0.717) is 0 Å². The Bertz CT molecular complexity index is 267. The summed E-state index contributed by atoms with van der Waals surface area (Å²) in [5.41, 5.74) is 0. The van der Waals surface area contributed by atoms with E-state index in [2.05, 4.69) is 4.65 Å². The molecule has 0 bridgehead atoms. The third kappa shape index (κ3) is 1.68. The molecule has 0 aromatic heterocycles. The van der Waals surface area contributed by atoms with Crippen LogP contribution in [0.4, 0.5) is 4.39 Å². The average molecular weight is 170 g/mol. The second-order valence-corrected chi connectivity index (χ2v) is 2.05. The van der Waals surface area contributed by atoms with Gasteiger partial charge in [-0.25, -0.2) is 0 Å². The largest absolute Gasteiger partial charge is 0.537 e. The van der Waals surface area contributed by atoms with Crippen molar-refractivity contribution in [3.8, 4) is 11.5 Å². The van der Waals surface area contributed by atoms with Crippen LogP contribution < -0.4 is 9.39 Å². The van der Waals surface area contributed by atoms with E-state index >= 15 is 0 Å². The summed E-state index contributed by atoms with van der Waals surface area (Å²) >= 11 is 0. The van der Waals surface area contributed by atoms with Crippen LogP contribution in [0.5, 0.6) is 11.5 Å². The van der Waals surface area contributed by atoms with E-state index in [4.69, 9.17) is 9.76 Å². The van der Waals surface area contributed by atoms with Gasteiger partial charge in [0.05, 0.1) is 7.11 Å². The summed E-state index contributed by atoms with van der Waals surface area (Å²) in [6.07, 6.45) is 0. The maximum atomic E-state index is 13.1. The van der Waals surface area contributed by atoms with Crippen LogP contribution in [0, 0.1) is 5.82 Å². The van der Waals surface area contributed by atoms with Crippen LogP contribution in [0.25, 0.3) is 0 Å². The summed E-state index contributed by atoms with van der Waals surface area (Å²) in [5.74, 6) is -0.521. The molecule has 1 rings (SSSR count). The molecule has 1 aromatic rings. The molecule has 0 saturated heterocycles. The van der Waals surface area contributed by atoms with Crippen molar-refractivity contribution >= 4 is 7.69 Å². The van der Waals surface area contributed by atoms with Gasteiger partial charge in [0.2, 0.25) is 5.82 Å². The predicted molar refractivity (Wildman–Crippen MR) is 42.9 cm³/mol. The van der Waals surface area contributed by atoms with E-state index in [1.54, 1.807) is 6.07 Å². The fraction of sp³-hybridized carbons (Fsp3) is 0.143. The molecular weight excluding hydrogens is 162 g/mol. The zero-order valence-corrected chi connectivity index (χ0v) is 6.58. The third-order valence-corrected chi connectivity index (χ3v) is 1.37. The highest BCUT2D eigenvalue weighted by Gasteiger charge is 2.08. The van der Waals surface area contributed by atoms with Crippen LogP contribution in [0.15, 0.2) is 18.2 Å². The first-order chi connectivity index (χ1) is 5.79. The Hall–Kier alpha value is -1.23. The van der Waals surface area contributed by atoms with Crippen LogP contribution in [-0.2, 0) is 0 Å². The van der Waals surface area contributed by atoms with Crippen molar-refractivity contribution in [1.82, 2.24) is 0 Å². The van der Waals surface area contributed by atoms with Gasteiger partial charge >= 0.3 is 7.69 Å². The molecule has 3 nitrogen and oxygen atoms in total. The van der Waals surface area contributed by atoms with Gasteiger partial charge in [-0.2, -0.15) is 4.39 Å². The summed E-state index contributed by atoms with van der Waals surface area (Å²) < 4.78 is 22.4. The first-order valence-corrected chi connectivity index (χ1v) is 3.35. The van der Waals surface area contributed by atoms with Crippen LogP contribution >= 0.6 is 0 Å². The van der Waals surface area contributed by atoms with Crippen molar-refractivity contribution in [2.24, 2.45) is 0 Å². The Morgan fingerprint density at radius 1 is 1.42 bits per heavy atom. The van der Waals surface area contributed by atoms with Gasteiger partial charge in [-0.15, -0.1) is 0 Å². The molecule has 0 radical (unpaired) electrons. The Labute approximate surface area is 70.0 Å². The summed E-state index contributed by atoms with van der Waals surface area (Å²) in [6.45, 7) is 0. The lowest BCUT2D eigenvalue weighted by atomic mass is 10.3. The molecule has 0 unspecified atom stereocenters. The number of halogens is 1. The van der Waals surface area contributed by atoms with E-state index < -0.39 is 13.5 Å². The number of ether oxygens (including phenoxy) is 1. The molecule has 64 valence electrons. The van der Waals surface area contributed by atoms with Crippen molar-refractivity contribution in [1.29, 1.82) is 0 Å². The van der Waals surface area contributed by atoms with E-state index in [1.165, 1.54) is 19.2 Å². The summed E-state index contributed by atoms with van der Waals surface area (Å²) in [4.78, 5) is 0.